The second-order valence-electron chi connectivity index (χ2n) is 8.91. The second kappa shape index (κ2) is 10.2. The fraction of sp³-hybridized carbons (Fsp3) is 0.400. The fourth-order valence-electron chi connectivity index (χ4n) is 4.28. The molecule has 2 aromatic carbocycles. The zero-order chi connectivity index (χ0) is 25.2. The van der Waals surface area contributed by atoms with Gasteiger partial charge in [-0.25, -0.2) is 8.42 Å². The minimum atomic E-state index is -3.62. The lowest BCUT2D eigenvalue weighted by Crippen LogP contribution is -2.52. The summed E-state index contributed by atoms with van der Waals surface area (Å²) in [5, 5.41) is 2.63. The van der Waals surface area contributed by atoms with Crippen molar-refractivity contribution < 1.29 is 22.8 Å². The summed E-state index contributed by atoms with van der Waals surface area (Å²) in [6.07, 6.45) is 1.37. The van der Waals surface area contributed by atoms with Crippen LogP contribution in [-0.4, -0.2) is 74.6 Å². The van der Waals surface area contributed by atoms with E-state index in [-0.39, 0.29) is 55.3 Å². The Hall–Kier alpha value is -3.24. The summed E-state index contributed by atoms with van der Waals surface area (Å²) in [7, 11) is -3.62. The van der Waals surface area contributed by atoms with Gasteiger partial charge in [0.25, 0.3) is 5.91 Å². The molecule has 9 nitrogen and oxygen atoms in total. The van der Waals surface area contributed by atoms with E-state index in [1.165, 1.54) is 4.31 Å². The van der Waals surface area contributed by atoms with Gasteiger partial charge in [-0.1, -0.05) is 6.07 Å². The first-order chi connectivity index (χ1) is 16.7. The Morgan fingerprint density at radius 3 is 2.20 bits per heavy atom. The summed E-state index contributed by atoms with van der Waals surface area (Å²) in [5.41, 5.74) is 3.10. The first kappa shape index (κ1) is 24.9. The Kier molecular flexibility index (Phi) is 7.23. The van der Waals surface area contributed by atoms with Gasteiger partial charge in [0.05, 0.1) is 11.4 Å². The van der Waals surface area contributed by atoms with E-state index in [0.29, 0.717) is 18.5 Å². The molecule has 1 N–H and O–H groups in total. The van der Waals surface area contributed by atoms with Gasteiger partial charge in [0.15, 0.2) is 0 Å². The summed E-state index contributed by atoms with van der Waals surface area (Å²) >= 11 is 0. The van der Waals surface area contributed by atoms with Crippen molar-refractivity contribution >= 4 is 33.4 Å². The number of hydrogen-bond donors (Lipinski definition) is 1. The summed E-state index contributed by atoms with van der Waals surface area (Å²) in [6.45, 7) is 5.24. The molecule has 0 radical (unpaired) electrons. The molecule has 3 amide bonds. The molecule has 0 aliphatic carbocycles. The Bertz CT molecular complexity index is 1240. The van der Waals surface area contributed by atoms with E-state index >= 15 is 0 Å². The third-order valence-electron chi connectivity index (χ3n) is 6.62. The predicted octanol–water partition coefficient (Wildman–Crippen LogP) is 1.69. The van der Waals surface area contributed by atoms with Crippen molar-refractivity contribution in [1.29, 1.82) is 0 Å². The molecule has 0 bridgehead atoms. The van der Waals surface area contributed by atoms with Crippen LogP contribution in [0.2, 0.25) is 0 Å². The lowest BCUT2D eigenvalue weighted by Gasteiger charge is -2.34. The number of carbonyl (C=O) groups is 3. The van der Waals surface area contributed by atoms with Crippen molar-refractivity contribution in [2.45, 2.75) is 31.6 Å². The van der Waals surface area contributed by atoms with Gasteiger partial charge in [-0.05, 0) is 67.8 Å². The van der Waals surface area contributed by atoms with E-state index in [2.05, 4.69) is 5.32 Å². The van der Waals surface area contributed by atoms with Crippen LogP contribution in [0.1, 0.15) is 34.3 Å². The number of amides is 3. The molecule has 0 unspecified atom stereocenters. The van der Waals surface area contributed by atoms with Crippen LogP contribution in [0.4, 0.5) is 5.69 Å². The van der Waals surface area contributed by atoms with Crippen molar-refractivity contribution in [2.24, 2.45) is 0 Å². The average molecular weight is 499 g/mol. The molecule has 186 valence electrons. The maximum atomic E-state index is 13.0. The number of nitrogens with one attached hydrogen (secondary N) is 1. The Morgan fingerprint density at radius 1 is 0.914 bits per heavy atom. The Labute approximate surface area is 205 Å². The normalized spacial score (nSPS) is 17.0. The molecule has 0 aromatic heterocycles. The molecular formula is C25H30N4O5S. The smallest absolute Gasteiger partial charge is 0.251 e. The zero-order valence-corrected chi connectivity index (χ0v) is 20.8. The van der Waals surface area contributed by atoms with Gasteiger partial charge in [-0.15, -0.1) is 0 Å². The lowest BCUT2D eigenvalue weighted by atomic mass is 10.1. The summed E-state index contributed by atoms with van der Waals surface area (Å²) < 4.78 is 27.3. The molecule has 2 aromatic rings. The van der Waals surface area contributed by atoms with E-state index in [9.17, 15) is 22.8 Å². The highest BCUT2D eigenvalue weighted by atomic mass is 32.2. The van der Waals surface area contributed by atoms with Crippen LogP contribution in [0, 0.1) is 13.8 Å². The predicted molar refractivity (Wildman–Crippen MR) is 132 cm³/mol. The zero-order valence-electron chi connectivity index (χ0n) is 20.0. The average Bonchev–Trinajstić information content (AvgIpc) is 3.29. The maximum Gasteiger partial charge on any atom is 0.251 e. The molecule has 2 heterocycles. The highest BCUT2D eigenvalue weighted by molar-refractivity contribution is 7.89. The second-order valence-corrected chi connectivity index (χ2v) is 10.8. The number of hydrogen-bond acceptors (Lipinski definition) is 5. The molecule has 0 atom stereocenters. The largest absolute Gasteiger partial charge is 0.343 e. The summed E-state index contributed by atoms with van der Waals surface area (Å²) in [4.78, 5) is 40.5. The monoisotopic (exact) mass is 498 g/mol. The van der Waals surface area contributed by atoms with Crippen molar-refractivity contribution in [3.63, 3.8) is 0 Å². The van der Waals surface area contributed by atoms with Crippen molar-refractivity contribution in [3.8, 4) is 0 Å². The first-order valence-electron chi connectivity index (χ1n) is 11.7. The quantitative estimate of drug-likeness (QED) is 0.652. The topological polar surface area (TPSA) is 107 Å². The maximum absolute atomic E-state index is 13.0. The van der Waals surface area contributed by atoms with Gasteiger partial charge >= 0.3 is 0 Å². The third kappa shape index (κ3) is 5.38. The van der Waals surface area contributed by atoms with Crippen LogP contribution in [0.3, 0.4) is 0 Å². The fourth-order valence-corrected chi connectivity index (χ4v) is 5.79. The molecule has 2 aliphatic rings. The van der Waals surface area contributed by atoms with Gasteiger partial charge < -0.3 is 15.1 Å². The molecule has 10 heteroatoms. The van der Waals surface area contributed by atoms with E-state index in [1.54, 1.807) is 52.3 Å². The highest BCUT2D eigenvalue weighted by Crippen LogP contribution is 2.22. The number of piperazine rings is 1. The van der Waals surface area contributed by atoms with E-state index in [4.69, 9.17) is 0 Å². The molecule has 2 saturated heterocycles. The number of anilines is 1. The van der Waals surface area contributed by atoms with Crippen LogP contribution in [0.15, 0.2) is 47.4 Å². The van der Waals surface area contributed by atoms with E-state index in [1.807, 2.05) is 13.8 Å². The third-order valence-corrected chi connectivity index (χ3v) is 8.52. The van der Waals surface area contributed by atoms with Crippen LogP contribution in [-0.2, 0) is 19.6 Å². The molecule has 2 fully saturated rings. The number of benzene rings is 2. The van der Waals surface area contributed by atoms with Crippen molar-refractivity contribution in [2.75, 3.05) is 44.2 Å². The number of carbonyl (C=O) groups excluding carboxylic acids is 3. The summed E-state index contributed by atoms with van der Waals surface area (Å²) in [6, 6.07) is 11.8. The Morgan fingerprint density at radius 2 is 1.60 bits per heavy atom. The molecule has 4 rings (SSSR count). The standard InChI is InChI=1S/C25H30N4O5S/c1-18-5-10-22(16-19(18)2)35(33,34)28-14-12-27(13-15-28)24(31)17-26-25(32)20-6-8-21(9-7-20)29-11-3-4-23(29)30/h5-10,16H,3-4,11-15,17H2,1-2H3,(H,26,32). The van der Waals surface area contributed by atoms with E-state index in [0.717, 1.165) is 23.2 Å². The SMILES string of the molecule is Cc1ccc(S(=O)(=O)N2CCN(C(=O)CNC(=O)c3ccc(N4CCCC4=O)cc3)CC2)cc1C. The Balaban J connectivity index is 1.28. The van der Waals surface area contributed by atoms with Crippen LogP contribution < -0.4 is 10.2 Å². The van der Waals surface area contributed by atoms with Crippen LogP contribution >= 0.6 is 0 Å². The molecular weight excluding hydrogens is 468 g/mol. The van der Waals surface area contributed by atoms with Gasteiger partial charge in [-0.3, -0.25) is 14.4 Å². The number of sulfonamides is 1. The number of nitrogens with zero attached hydrogens (tertiary/aromatic N) is 3. The van der Waals surface area contributed by atoms with Crippen molar-refractivity contribution in [1.82, 2.24) is 14.5 Å². The number of aryl methyl sites for hydroxylation is 2. The molecule has 2 aliphatic heterocycles. The lowest BCUT2D eigenvalue weighted by molar-refractivity contribution is -0.131. The van der Waals surface area contributed by atoms with Gasteiger partial charge in [0.1, 0.15) is 0 Å². The minimum Gasteiger partial charge on any atom is -0.343 e. The van der Waals surface area contributed by atoms with Gasteiger partial charge in [0, 0.05) is 50.4 Å². The van der Waals surface area contributed by atoms with Crippen LogP contribution in [0.5, 0.6) is 0 Å². The van der Waals surface area contributed by atoms with Gasteiger partial charge in [-0.2, -0.15) is 4.31 Å². The van der Waals surface area contributed by atoms with Gasteiger partial charge in [0.2, 0.25) is 21.8 Å². The molecule has 0 spiro atoms. The highest BCUT2D eigenvalue weighted by Gasteiger charge is 2.30. The van der Waals surface area contributed by atoms with Crippen molar-refractivity contribution in [3.05, 3.63) is 59.2 Å². The van der Waals surface area contributed by atoms with Crippen LogP contribution in [0.25, 0.3) is 0 Å². The summed E-state index contributed by atoms with van der Waals surface area (Å²) in [5.74, 6) is -0.566. The number of rotatable bonds is 6. The molecule has 0 saturated carbocycles. The minimum absolute atomic E-state index is 0.0784. The molecule has 35 heavy (non-hydrogen) atoms. The first-order valence-corrected chi connectivity index (χ1v) is 13.1. The van der Waals surface area contributed by atoms with E-state index < -0.39 is 10.0 Å².